The van der Waals surface area contributed by atoms with Crippen LogP contribution in [0.4, 0.5) is 5.13 Å². The molecule has 0 aliphatic rings. The number of fused-ring (bicyclic) bond motifs is 1. The highest BCUT2D eigenvalue weighted by Crippen LogP contribution is 2.26. The Balaban J connectivity index is 1.75. The number of nitrogens with one attached hydrogen (secondary N) is 1. The van der Waals surface area contributed by atoms with Crippen LogP contribution in [0.25, 0.3) is 10.2 Å². The molecule has 0 aliphatic carbocycles. The first-order valence-corrected chi connectivity index (χ1v) is 7.30. The van der Waals surface area contributed by atoms with Crippen LogP contribution in [-0.4, -0.2) is 50.3 Å². The lowest BCUT2D eigenvalue weighted by molar-refractivity contribution is 0.126. The number of nitrogens with zero attached hydrogens (tertiary/aromatic N) is 2. The Kier molecular flexibility index (Phi) is 5.13. The van der Waals surface area contributed by atoms with Gasteiger partial charge in [-0.15, -0.1) is 0 Å². The Morgan fingerprint density at radius 2 is 2.16 bits per heavy atom. The van der Waals surface area contributed by atoms with E-state index < -0.39 is 0 Å². The van der Waals surface area contributed by atoms with E-state index in [0.717, 1.165) is 30.3 Å². The molecule has 4 nitrogen and oxygen atoms in total. The highest BCUT2D eigenvalue weighted by Gasteiger charge is 2.02. The van der Waals surface area contributed by atoms with Crippen molar-refractivity contribution in [2.75, 3.05) is 45.7 Å². The van der Waals surface area contributed by atoms with Crippen molar-refractivity contribution in [2.45, 2.75) is 6.92 Å². The molecule has 19 heavy (non-hydrogen) atoms. The van der Waals surface area contributed by atoms with Crippen LogP contribution < -0.4 is 5.32 Å². The molecule has 0 unspecified atom stereocenters. The highest BCUT2D eigenvalue weighted by molar-refractivity contribution is 7.22. The molecule has 0 saturated heterocycles. The largest absolute Gasteiger partial charge is 0.378 e. The maximum Gasteiger partial charge on any atom is 0.183 e. The molecule has 0 aliphatic heterocycles. The Labute approximate surface area is 118 Å². The number of anilines is 1. The summed E-state index contributed by atoms with van der Waals surface area (Å²) in [6, 6.07) is 6.36. The fraction of sp³-hybridized carbons (Fsp3) is 0.500. The number of rotatable bonds is 7. The molecule has 0 saturated carbocycles. The van der Waals surface area contributed by atoms with Crippen LogP contribution in [-0.2, 0) is 4.74 Å². The predicted octanol–water partition coefficient (Wildman–Crippen LogP) is 2.59. The number of ether oxygens (including phenoxy) is 1. The molecule has 0 bridgehead atoms. The van der Waals surface area contributed by atoms with Crippen molar-refractivity contribution in [2.24, 2.45) is 0 Å². The van der Waals surface area contributed by atoms with E-state index in [1.165, 1.54) is 10.3 Å². The maximum atomic E-state index is 5.53. The summed E-state index contributed by atoms with van der Waals surface area (Å²) in [6.45, 7) is 5.33. The van der Waals surface area contributed by atoms with Gasteiger partial charge in [0.2, 0.25) is 0 Å². The lowest BCUT2D eigenvalue weighted by Crippen LogP contribution is -2.19. The number of hydrogen-bond donors (Lipinski definition) is 1. The maximum absolute atomic E-state index is 5.53. The van der Waals surface area contributed by atoms with E-state index >= 15 is 0 Å². The summed E-state index contributed by atoms with van der Waals surface area (Å²) in [5, 5.41) is 4.28. The number of aryl methyl sites for hydroxylation is 1. The molecule has 0 fully saturated rings. The van der Waals surface area contributed by atoms with Crippen LogP contribution in [0.5, 0.6) is 0 Å². The third-order valence-electron chi connectivity index (χ3n) is 2.75. The molecule has 0 radical (unpaired) electrons. The minimum absolute atomic E-state index is 0.711. The molecule has 2 rings (SSSR count). The average molecular weight is 279 g/mol. The fourth-order valence-corrected chi connectivity index (χ4v) is 2.56. The zero-order valence-electron chi connectivity index (χ0n) is 11.8. The normalized spacial score (nSPS) is 11.4. The van der Waals surface area contributed by atoms with Crippen molar-refractivity contribution < 1.29 is 4.74 Å². The van der Waals surface area contributed by atoms with Gasteiger partial charge in [0, 0.05) is 13.1 Å². The summed E-state index contributed by atoms with van der Waals surface area (Å²) in [5.74, 6) is 0. The topological polar surface area (TPSA) is 37.4 Å². The molecule has 2 aromatic rings. The zero-order chi connectivity index (χ0) is 13.7. The molecule has 0 atom stereocenters. The van der Waals surface area contributed by atoms with Gasteiger partial charge in [-0.25, -0.2) is 4.98 Å². The van der Waals surface area contributed by atoms with Crippen LogP contribution >= 0.6 is 11.3 Å². The van der Waals surface area contributed by atoms with Crippen molar-refractivity contribution in [3.8, 4) is 0 Å². The summed E-state index contributed by atoms with van der Waals surface area (Å²) in [6.07, 6.45) is 0. The smallest absolute Gasteiger partial charge is 0.183 e. The van der Waals surface area contributed by atoms with Crippen molar-refractivity contribution in [3.63, 3.8) is 0 Å². The minimum atomic E-state index is 0.711. The lowest BCUT2D eigenvalue weighted by Gasteiger charge is -2.09. The second kappa shape index (κ2) is 6.84. The number of benzene rings is 1. The number of hydrogen-bond acceptors (Lipinski definition) is 5. The predicted molar refractivity (Wildman–Crippen MR) is 82.2 cm³/mol. The second-order valence-corrected chi connectivity index (χ2v) is 5.86. The van der Waals surface area contributed by atoms with E-state index in [4.69, 9.17) is 4.74 Å². The van der Waals surface area contributed by atoms with Gasteiger partial charge in [-0.3, -0.25) is 0 Å². The Bertz CT molecular complexity index is 524. The summed E-state index contributed by atoms with van der Waals surface area (Å²) < 4.78 is 6.76. The number of aromatic nitrogens is 1. The molecular formula is C14H21N3OS. The lowest BCUT2D eigenvalue weighted by atomic mass is 10.2. The summed E-state index contributed by atoms with van der Waals surface area (Å²) >= 11 is 1.69. The van der Waals surface area contributed by atoms with Gasteiger partial charge in [0.25, 0.3) is 0 Å². The Hall–Kier alpha value is -1.17. The molecule has 1 N–H and O–H groups in total. The van der Waals surface area contributed by atoms with E-state index in [-0.39, 0.29) is 0 Å². The number of thiazole rings is 1. The average Bonchev–Trinajstić information content (AvgIpc) is 2.75. The van der Waals surface area contributed by atoms with E-state index in [9.17, 15) is 0 Å². The molecule has 0 spiro atoms. The van der Waals surface area contributed by atoms with E-state index in [1.54, 1.807) is 11.3 Å². The van der Waals surface area contributed by atoms with Gasteiger partial charge in [0.15, 0.2) is 5.13 Å². The highest BCUT2D eigenvalue weighted by atomic mass is 32.1. The van der Waals surface area contributed by atoms with Crippen LogP contribution in [0.3, 0.4) is 0 Å². The van der Waals surface area contributed by atoms with Gasteiger partial charge in [-0.05, 0) is 38.7 Å². The summed E-state index contributed by atoms with van der Waals surface area (Å²) in [5.41, 5.74) is 2.32. The molecule has 1 aromatic carbocycles. The van der Waals surface area contributed by atoms with Crippen molar-refractivity contribution >= 4 is 26.7 Å². The minimum Gasteiger partial charge on any atom is -0.378 e. The molecular weight excluding hydrogens is 258 g/mol. The standard InChI is InChI=1S/C14H21N3OS/c1-11-4-5-13-12(10-11)16-14(19-13)15-6-8-18-9-7-17(2)3/h4-5,10H,6-9H2,1-3H3,(H,15,16). The van der Waals surface area contributed by atoms with Gasteiger partial charge in [-0.2, -0.15) is 0 Å². The molecule has 1 heterocycles. The van der Waals surface area contributed by atoms with Crippen molar-refractivity contribution in [3.05, 3.63) is 23.8 Å². The van der Waals surface area contributed by atoms with Crippen molar-refractivity contribution in [1.29, 1.82) is 0 Å². The van der Waals surface area contributed by atoms with Gasteiger partial charge >= 0.3 is 0 Å². The second-order valence-electron chi connectivity index (χ2n) is 4.83. The zero-order valence-corrected chi connectivity index (χ0v) is 12.6. The van der Waals surface area contributed by atoms with Crippen LogP contribution in [0.1, 0.15) is 5.56 Å². The quantitative estimate of drug-likeness (QED) is 0.791. The first-order valence-electron chi connectivity index (χ1n) is 6.49. The third-order valence-corrected chi connectivity index (χ3v) is 3.74. The number of likely N-dealkylation sites (N-methyl/N-ethyl adjacent to an activating group) is 1. The van der Waals surface area contributed by atoms with E-state index in [1.807, 2.05) is 14.1 Å². The SMILES string of the molecule is Cc1ccc2sc(NCCOCCN(C)C)nc2c1. The Morgan fingerprint density at radius 3 is 2.95 bits per heavy atom. The molecule has 5 heteroatoms. The van der Waals surface area contributed by atoms with Gasteiger partial charge in [0.05, 0.1) is 23.4 Å². The van der Waals surface area contributed by atoms with Crippen LogP contribution in [0.2, 0.25) is 0 Å². The van der Waals surface area contributed by atoms with Crippen molar-refractivity contribution in [1.82, 2.24) is 9.88 Å². The van der Waals surface area contributed by atoms with Gasteiger partial charge in [0.1, 0.15) is 0 Å². The Morgan fingerprint density at radius 1 is 1.32 bits per heavy atom. The molecule has 1 aromatic heterocycles. The van der Waals surface area contributed by atoms with Gasteiger partial charge < -0.3 is 15.0 Å². The first kappa shape index (κ1) is 14.2. The first-order chi connectivity index (χ1) is 9.15. The third kappa shape index (κ3) is 4.45. The van der Waals surface area contributed by atoms with E-state index in [0.29, 0.717) is 6.61 Å². The van der Waals surface area contributed by atoms with Crippen LogP contribution in [0, 0.1) is 6.92 Å². The fourth-order valence-electron chi connectivity index (χ4n) is 1.69. The van der Waals surface area contributed by atoms with Gasteiger partial charge in [-0.1, -0.05) is 17.4 Å². The summed E-state index contributed by atoms with van der Waals surface area (Å²) in [4.78, 5) is 6.68. The summed E-state index contributed by atoms with van der Waals surface area (Å²) in [7, 11) is 4.09. The molecule has 104 valence electrons. The van der Waals surface area contributed by atoms with Crippen LogP contribution in [0.15, 0.2) is 18.2 Å². The molecule has 0 amide bonds. The monoisotopic (exact) mass is 279 g/mol. The van der Waals surface area contributed by atoms with E-state index in [2.05, 4.69) is 40.3 Å².